The van der Waals surface area contributed by atoms with Gasteiger partial charge in [-0.2, -0.15) is 4.31 Å². The number of nitrogens with zero attached hydrogens (tertiary/aromatic N) is 1. The Kier molecular flexibility index (Phi) is 6.25. The number of amides is 3. The van der Waals surface area contributed by atoms with E-state index in [-0.39, 0.29) is 6.54 Å². The van der Waals surface area contributed by atoms with Gasteiger partial charge in [-0.15, -0.1) is 0 Å². The predicted molar refractivity (Wildman–Crippen MR) is 79.0 cm³/mol. The molecule has 0 aromatic heterocycles. The van der Waals surface area contributed by atoms with Crippen LogP contribution < -0.4 is 5.32 Å². The number of hydrogen-bond acceptors (Lipinski definition) is 9. The van der Waals surface area contributed by atoms with E-state index in [0.29, 0.717) is 0 Å². The summed E-state index contributed by atoms with van der Waals surface area (Å²) in [4.78, 5) is 50.5. The Morgan fingerprint density at radius 3 is 2.42 bits per heavy atom. The molecule has 0 radical (unpaired) electrons. The number of phosphoric ester groups is 1. The van der Waals surface area contributed by atoms with Gasteiger partial charge >= 0.3 is 21.7 Å². The van der Waals surface area contributed by atoms with E-state index in [1.807, 2.05) is 5.32 Å². The number of urea groups is 1. The minimum absolute atomic E-state index is 0.105. The van der Waals surface area contributed by atoms with E-state index in [1.54, 1.807) is 0 Å². The lowest BCUT2D eigenvalue weighted by molar-refractivity contribution is -0.130. The molecular formula is C10H18N2O12P2. The van der Waals surface area contributed by atoms with Crippen molar-refractivity contribution in [3.8, 4) is 0 Å². The third-order valence-electron chi connectivity index (χ3n) is 3.67. The number of nitrogens with one attached hydrogen (secondary N) is 1. The van der Waals surface area contributed by atoms with Gasteiger partial charge in [-0.25, -0.2) is 13.9 Å². The second kappa shape index (κ2) is 7.60. The van der Waals surface area contributed by atoms with E-state index in [4.69, 9.17) is 14.5 Å². The smallest absolute Gasteiger partial charge is 0.387 e. The summed E-state index contributed by atoms with van der Waals surface area (Å²) in [5, 5.41) is 22.0. The van der Waals surface area contributed by atoms with Crippen LogP contribution in [0.4, 0.5) is 4.79 Å². The van der Waals surface area contributed by atoms with Crippen LogP contribution in [0.1, 0.15) is 6.92 Å². The van der Waals surface area contributed by atoms with Crippen molar-refractivity contribution >= 4 is 27.6 Å². The average molecular weight is 420 g/mol. The van der Waals surface area contributed by atoms with Crippen molar-refractivity contribution in [1.29, 1.82) is 0 Å². The summed E-state index contributed by atoms with van der Waals surface area (Å²) in [6.07, 6.45) is -6.09. The molecule has 0 saturated carbocycles. The summed E-state index contributed by atoms with van der Waals surface area (Å²) in [7, 11) is -10.5. The van der Waals surface area contributed by atoms with Gasteiger partial charge in [0.1, 0.15) is 18.3 Å². The average Bonchev–Trinajstić information content (AvgIpc) is 2.75. The molecule has 26 heavy (non-hydrogen) atoms. The van der Waals surface area contributed by atoms with Gasteiger partial charge < -0.3 is 29.6 Å². The molecule has 6 N–H and O–H groups in total. The Labute approximate surface area is 146 Å². The van der Waals surface area contributed by atoms with Crippen molar-refractivity contribution in [3.63, 3.8) is 0 Å². The monoisotopic (exact) mass is 420 g/mol. The molecule has 0 aromatic rings. The standard InChI is InChI=1S/C10H18N2O12P2/c1-4-2-12(10(16)11-8(4)15)9-7(14)6(13)5(23-9)3-22-26(20,21)24-25(17,18)19/h4-7,9,13-14H,2-3H2,1H3,(H,20,21)(H,11,15,16)(H2,17,18,19)/t4?,5-,6-,7-,9-/m1/s1. The summed E-state index contributed by atoms with van der Waals surface area (Å²) in [5.41, 5.74) is 0. The molecule has 0 aliphatic carbocycles. The van der Waals surface area contributed by atoms with E-state index in [9.17, 15) is 33.8 Å². The zero-order valence-electron chi connectivity index (χ0n) is 13.2. The Bertz CT molecular complexity index is 666. The van der Waals surface area contributed by atoms with Crippen LogP contribution in [-0.2, 0) is 27.5 Å². The maximum Gasteiger partial charge on any atom is 0.481 e. The lowest BCUT2D eigenvalue weighted by atomic mass is 10.1. The molecule has 2 aliphatic heterocycles. The number of rotatable bonds is 6. The van der Waals surface area contributed by atoms with Crippen LogP contribution in [0.15, 0.2) is 0 Å². The van der Waals surface area contributed by atoms with Crippen LogP contribution in [0, 0.1) is 5.92 Å². The number of hydrogen-bond donors (Lipinski definition) is 6. The first-order chi connectivity index (χ1) is 11.8. The molecule has 14 nitrogen and oxygen atoms in total. The Balaban J connectivity index is 2.01. The van der Waals surface area contributed by atoms with E-state index >= 15 is 0 Å². The molecule has 2 saturated heterocycles. The van der Waals surface area contributed by atoms with Gasteiger partial charge in [0, 0.05) is 6.54 Å². The molecule has 2 heterocycles. The maximum absolute atomic E-state index is 11.9. The molecule has 0 aromatic carbocycles. The number of ether oxygens (including phenoxy) is 1. The van der Waals surface area contributed by atoms with Crippen LogP contribution >= 0.6 is 15.6 Å². The van der Waals surface area contributed by atoms with Gasteiger partial charge in [-0.05, 0) is 0 Å². The van der Waals surface area contributed by atoms with Crippen LogP contribution in [0.25, 0.3) is 0 Å². The van der Waals surface area contributed by atoms with E-state index in [0.717, 1.165) is 4.90 Å². The summed E-state index contributed by atoms with van der Waals surface area (Å²) in [5.74, 6) is -1.12. The first-order valence-corrected chi connectivity index (χ1v) is 10.2. The Hall–Kier alpha value is -0.920. The SMILES string of the molecule is CC1CN([C@@H]2O[C@H](COP(=O)(O)OP(=O)(O)O)[C@@H](O)[C@H]2O)C(=O)NC1=O. The molecule has 16 heteroatoms. The van der Waals surface area contributed by atoms with Crippen molar-refractivity contribution < 1.29 is 57.2 Å². The maximum atomic E-state index is 11.9. The summed E-state index contributed by atoms with van der Waals surface area (Å²) in [6, 6.07) is -0.858. The molecular weight excluding hydrogens is 402 g/mol. The molecule has 0 bridgehead atoms. The zero-order chi connectivity index (χ0) is 19.9. The quantitative estimate of drug-likeness (QED) is 0.254. The lowest BCUT2D eigenvalue weighted by Crippen LogP contribution is -2.59. The van der Waals surface area contributed by atoms with Crippen molar-refractivity contribution in [3.05, 3.63) is 0 Å². The largest absolute Gasteiger partial charge is 0.481 e. The molecule has 2 fully saturated rings. The lowest BCUT2D eigenvalue weighted by Gasteiger charge is -2.35. The number of phosphoric acid groups is 2. The third kappa shape index (κ3) is 5.08. The van der Waals surface area contributed by atoms with Crippen molar-refractivity contribution in [2.45, 2.75) is 31.5 Å². The molecule has 6 atom stereocenters. The number of carbonyl (C=O) groups excluding carboxylic acids is 2. The molecule has 0 spiro atoms. The Morgan fingerprint density at radius 2 is 1.85 bits per heavy atom. The second-order valence-corrected chi connectivity index (χ2v) is 8.56. The molecule has 150 valence electrons. The van der Waals surface area contributed by atoms with Gasteiger partial charge in [0.25, 0.3) is 0 Å². The first kappa shape index (κ1) is 21.4. The highest BCUT2D eigenvalue weighted by Gasteiger charge is 2.49. The highest BCUT2D eigenvalue weighted by atomic mass is 31.3. The number of aliphatic hydroxyl groups excluding tert-OH is 2. The number of aliphatic hydroxyl groups is 2. The molecule has 3 amide bonds. The van der Waals surface area contributed by atoms with Crippen molar-refractivity contribution in [2.24, 2.45) is 5.92 Å². The highest BCUT2D eigenvalue weighted by Crippen LogP contribution is 2.57. The molecule has 2 rings (SSSR count). The Morgan fingerprint density at radius 1 is 1.23 bits per heavy atom. The number of imide groups is 1. The predicted octanol–water partition coefficient (Wildman–Crippen LogP) is -2.15. The normalized spacial score (nSPS) is 35.3. The second-order valence-electron chi connectivity index (χ2n) is 5.73. The van der Waals surface area contributed by atoms with E-state index in [1.165, 1.54) is 6.92 Å². The van der Waals surface area contributed by atoms with E-state index in [2.05, 4.69) is 8.83 Å². The summed E-state index contributed by atoms with van der Waals surface area (Å²) < 4.78 is 35.1. The van der Waals surface area contributed by atoms with Gasteiger partial charge in [0.05, 0.1) is 12.5 Å². The number of carbonyl (C=O) groups is 2. The fourth-order valence-electron chi connectivity index (χ4n) is 2.43. The molecule has 2 aliphatic rings. The zero-order valence-corrected chi connectivity index (χ0v) is 15.0. The van der Waals surface area contributed by atoms with Gasteiger partial charge in [0.2, 0.25) is 5.91 Å². The summed E-state index contributed by atoms with van der Waals surface area (Å²) in [6.45, 7) is 0.535. The van der Waals surface area contributed by atoms with Crippen LogP contribution in [0.2, 0.25) is 0 Å². The highest BCUT2D eigenvalue weighted by molar-refractivity contribution is 7.60. The first-order valence-electron chi connectivity index (χ1n) is 7.18. The van der Waals surface area contributed by atoms with Crippen molar-refractivity contribution in [1.82, 2.24) is 10.2 Å². The van der Waals surface area contributed by atoms with Crippen LogP contribution in [0.3, 0.4) is 0 Å². The van der Waals surface area contributed by atoms with Gasteiger partial charge in [-0.3, -0.25) is 19.5 Å². The fourth-order valence-corrected chi connectivity index (χ4v) is 4.03. The molecule has 2 unspecified atom stereocenters. The van der Waals surface area contributed by atoms with E-state index < -0.39 is 64.6 Å². The minimum Gasteiger partial charge on any atom is -0.387 e. The van der Waals surface area contributed by atoms with Gasteiger partial charge in [-0.1, -0.05) is 6.92 Å². The van der Waals surface area contributed by atoms with Crippen molar-refractivity contribution in [2.75, 3.05) is 13.2 Å². The summed E-state index contributed by atoms with van der Waals surface area (Å²) >= 11 is 0. The topological polar surface area (TPSA) is 212 Å². The van der Waals surface area contributed by atoms with Crippen LogP contribution in [0.5, 0.6) is 0 Å². The van der Waals surface area contributed by atoms with Crippen LogP contribution in [-0.4, -0.2) is 79.4 Å². The fraction of sp³-hybridized carbons (Fsp3) is 0.800. The minimum atomic E-state index is -5.31. The third-order valence-corrected chi connectivity index (χ3v) is 5.82. The van der Waals surface area contributed by atoms with Gasteiger partial charge in [0.15, 0.2) is 6.23 Å².